The van der Waals surface area contributed by atoms with Gasteiger partial charge in [-0.25, -0.2) is 0 Å². The van der Waals surface area contributed by atoms with Crippen LogP contribution in [0.3, 0.4) is 0 Å². The standard InChI is InChI=1S/C11H19ClO/c1-10-6-2-3-8-11(10,13)9(12)5-4-7-10/h9,13H,2-8H2,1H3/t9-,10+,11+/m1/s1. The van der Waals surface area contributed by atoms with Crippen molar-refractivity contribution in [2.24, 2.45) is 5.41 Å². The van der Waals surface area contributed by atoms with Crippen LogP contribution in [0.15, 0.2) is 0 Å². The molecule has 0 aromatic rings. The first kappa shape index (κ1) is 9.79. The summed E-state index contributed by atoms with van der Waals surface area (Å²) >= 11 is 6.27. The summed E-state index contributed by atoms with van der Waals surface area (Å²) in [5, 5.41) is 10.6. The second-order valence-corrected chi connectivity index (χ2v) is 5.58. The highest BCUT2D eigenvalue weighted by Crippen LogP contribution is 2.54. The van der Waals surface area contributed by atoms with Gasteiger partial charge in [-0.1, -0.05) is 26.2 Å². The van der Waals surface area contributed by atoms with Gasteiger partial charge < -0.3 is 5.11 Å². The lowest BCUT2D eigenvalue weighted by molar-refractivity contribution is -0.128. The Morgan fingerprint density at radius 1 is 1.15 bits per heavy atom. The van der Waals surface area contributed by atoms with Gasteiger partial charge >= 0.3 is 0 Å². The van der Waals surface area contributed by atoms with E-state index in [0.717, 1.165) is 32.1 Å². The molecule has 76 valence electrons. The predicted molar refractivity (Wildman–Crippen MR) is 55.0 cm³/mol. The molecule has 2 rings (SSSR count). The largest absolute Gasteiger partial charge is 0.388 e. The summed E-state index contributed by atoms with van der Waals surface area (Å²) in [4.78, 5) is 0. The summed E-state index contributed by atoms with van der Waals surface area (Å²) in [6.07, 6.45) is 7.83. The summed E-state index contributed by atoms with van der Waals surface area (Å²) in [7, 11) is 0. The van der Waals surface area contributed by atoms with Gasteiger partial charge in [-0.15, -0.1) is 11.6 Å². The number of halogens is 1. The fraction of sp³-hybridized carbons (Fsp3) is 1.00. The molecular weight excluding hydrogens is 184 g/mol. The van der Waals surface area contributed by atoms with Crippen LogP contribution in [0.5, 0.6) is 0 Å². The quantitative estimate of drug-likeness (QED) is 0.599. The molecular formula is C11H19ClO. The Labute approximate surface area is 85.5 Å². The molecule has 0 aliphatic heterocycles. The van der Waals surface area contributed by atoms with Gasteiger partial charge in [0.1, 0.15) is 0 Å². The lowest BCUT2D eigenvalue weighted by Crippen LogP contribution is -2.57. The smallest absolute Gasteiger partial charge is 0.0863 e. The molecule has 3 atom stereocenters. The minimum Gasteiger partial charge on any atom is -0.388 e. The van der Waals surface area contributed by atoms with Crippen LogP contribution in [0.1, 0.15) is 51.9 Å². The molecule has 13 heavy (non-hydrogen) atoms. The lowest BCUT2D eigenvalue weighted by Gasteiger charge is -2.54. The second-order valence-electron chi connectivity index (χ2n) is 5.05. The van der Waals surface area contributed by atoms with Crippen LogP contribution in [0.25, 0.3) is 0 Å². The summed E-state index contributed by atoms with van der Waals surface area (Å²) < 4.78 is 0. The van der Waals surface area contributed by atoms with E-state index in [1.807, 2.05) is 0 Å². The molecule has 0 bridgehead atoms. The highest BCUT2D eigenvalue weighted by molar-refractivity contribution is 6.21. The first-order chi connectivity index (χ1) is 6.08. The fourth-order valence-electron chi connectivity index (χ4n) is 3.21. The van der Waals surface area contributed by atoms with Crippen molar-refractivity contribution in [3.63, 3.8) is 0 Å². The molecule has 2 aliphatic rings. The van der Waals surface area contributed by atoms with Crippen molar-refractivity contribution in [3.8, 4) is 0 Å². The van der Waals surface area contributed by atoms with Crippen LogP contribution >= 0.6 is 11.6 Å². The molecule has 2 saturated carbocycles. The SMILES string of the molecule is C[C@@]12CCCC[C@]1(O)[C@H](Cl)CCC2. The first-order valence-corrected chi connectivity index (χ1v) is 5.89. The van der Waals surface area contributed by atoms with E-state index in [1.54, 1.807) is 0 Å². The van der Waals surface area contributed by atoms with E-state index < -0.39 is 5.60 Å². The molecule has 2 fully saturated rings. The highest BCUT2D eigenvalue weighted by atomic mass is 35.5. The average Bonchev–Trinajstić information content (AvgIpc) is 2.09. The molecule has 0 heterocycles. The minimum atomic E-state index is -0.564. The van der Waals surface area contributed by atoms with Crippen molar-refractivity contribution in [1.29, 1.82) is 0 Å². The first-order valence-electron chi connectivity index (χ1n) is 5.45. The number of alkyl halides is 1. The van der Waals surface area contributed by atoms with Gasteiger partial charge in [0.15, 0.2) is 0 Å². The van der Waals surface area contributed by atoms with E-state index in [4.69, 9.17) is 11.6 Å². The molecule has 0 amide bonds. The van der Waals surface area contributed by atoms with Gasteiger partial charge in [0.25, 0.3) is 0 Å². The monoisotopic (exact) mass is 202 g/mol. The maximum absolute atomic E-state index is 10.6. The van der Waals surface area contributed by atoms with Crippen molar-refractivity contribution in [1.82, 2.24) is 0 Å². The molecule has 0 aromatic heterocycles. The molecule has 0 spiro atoms. The molecule has 0 saturated heterocycles. The molecule has 0 radical (unpaired) electrons. The summed E-state index contributed by atoms with van der Waals surface area (Å²) in [5.74, 6) is 0. The summed E-state index contributed by atoms with van der Waals surface area (Å²) in [6, 6.07) is 0. The predicted octanol–water partition coefficient (Wildman–Crippen LogP) is 3.09. The maximum Gasteiger partial charge on any atom is 0.0863 e. The lowest BCUT2D eigenvalue weighted by atomic mass is 9.57. The Balaban J connectivity index is 2.27. The molecule has 2 aliphatic carbocycles. The van der Waals surface area contributed by atoms with E-state index in [1.165, 1.54) is 12.8 Å². The van der Waals surface area contributed by atoms with Crippen molar-refractivity contribution >= 4 is 11.6 Å². The topological polar surface area (TPSA) is 20.2 Å². The zero-order valence-corrected chi connectivity index (χ0v) is 9.11. The molecule has 2 heteroatoms. The van der Waals surface area contributed by atoms with E-state index in [9.17, 15) is 5.11 Å². The van der Waals surface area contributed by atoms with Gasteiger partial charge in [0.05, 0.1) is 11.0 Å². The van der Waals surface area contributed by atoms with Crippen LogP contribution in [-0.4, -0.2) is 16.1 Å². The zero-order chi connectivity index (χ0) is 9.53. The number of hydrogen-bond acceptors (Lipinski definition) is 1. The van der Waals surface area contributed by atoms with Crippen LogP contribution in [0, 0.1) is 5.41 Å². The van der Waals surface area contributed by atoms with Crippen molar-refractivity contribution in [3.05, 3.63) is 0 Å². The number of fused-ring (bicyclic) bond motifs is 1. The van der Waals surface area contributed by atoms with E-state index >= 15 is 0 Å². The fourth-order valence-corrected chi connectivity index (χ4v) is 3.74. The Morgan fingerprint density at radius 3 is 2.46 bits per heavy atom. The maximum atomic E-state index is 10.6. The Bertz CT molecular complexity index is 202. The van der Waals surface area contributed by atoms with Gasteiger partial charge in [-0.05, 0) is 31.1 Å². The normalized spacial score (nSPS) is 51.5. The molecule has 1 nitrogen and oxygen atoms in total. The third-order valence-electron chi connectivity index (χ3n) is 4.29. The van der Waals surface area contributed by atoms with Crippen LogP contribution in [-0.2, 0) is 0 Å². The van der Waals surface area contributed by atoms with Gasteiger partial charge in [-0.3, -0.25) is 0 Å². The summed E-state index contributed by atoms with van der Waals surface area (Å²) in [5.41, 5.74) is -0.457. The Kier molecular flexibility index (Phi) is 2.36. The van der Waals surface area contributed by atoms with Crippen molar-refractivity contribution < 1.29 is 5.11 Å². The number of rotatable bonds is 0. The third-order valence-corrected chi connectivity index (χ3v) is 4.87. The number of hydrogen-bond donors (Lipinski definition) is 1. The van der Waals surface area contributed by atoms with Crippen LogP contribution < -0.4 is 0 Å². The molecule has 0 unspecified atom stereocenters. The Hall–Kier alpha value is 0.250. The van der Waals surface area contributed by atoms with Crippen LogP contribution in [0.2, 0.25) is 0 Å². The van der Waals surface area contributed by atoms with E-state index in [0.29, 0.717) is 0 Å². The van der Waals surface area contributed by atoms with E-state index in [-0.39, 0.29) is 10.8 Å². The summed E-state index contributed by atoms with van der Waals surface area (Å²) in [6.45, 7) is 2.22. The molecule has 1 N–H and O–H groups in total. The zero-order valence-electron chi connectivity index (χ0n) is 8.35. The van der Waals surface area contributed by atoms with Crippen molar-refractivity contribution in [2.75, 3.05) is 0 Å². The highest BCUT2D eigenvalue weighted by Gasteiger charge is 2.54. The average molecular weight is 203 g/mol. The Morgan fingerprint density at radius 2 is 1.77 bits per heavy atom. The van der Waals surface area contributed by atoms with Gasteiger partial charge in [0.2, 0.25) is 0 Å². The van der Waals surface area contributed by atoms with Gasteiger partial charge in [0, 0.05) is 0 Å². The van der Waals surface area contributed by atoms with Gasteiger partial charge in [-0.2, -0.15) is 0 Å². The van der Waals surface area contributed by atoms with E-state index in [2.05, 4.69) is 6.92 Å². The minimum absolute atomic E-state index is 0.00782. The third kappa shape index (κ3) is 1.32. The van der Waals surface area contributed by atoms with Crippen molar-refractivity contribution in [2.45, 2.75) is 62.8 Å². The van der Waals surface area contributed by atoms with Crippen LogP contribution in [0.4, 0.5) is 0 Å². The second kappa shape index (κ2) is 3.13. The number of aliphatic hydroxyl groups is 1. The molecule has 0 aromatic carbocycles.